The van der Waals surface area contributed by atoms with Crippen LogP contribution in [0.4, 0.5) is 0 Å². The summed E-state index contributed by atoms with van der Waals surface area (Å²) in [6, 6.07) is 3.79. The molecule has 2 aromatic heterocycles. The Hall–Kier alpha value is -1.46. The SMILES string of the molecule is OC1(c2nc3ncccc3[nH]2)CCCNCC1. The predicted molar refractivity (Wildman–Crippen MR) is 64.5 cm³/mol. The van der Waals surface area contributed by atoms with Crippen LogP contribution in [0.5, 0.6) is 0 Å². The van der Waals surface area contributed by atoms with Gasteiger partial charge in [-0.2, -0.15) is 0 Å². The van der Waals surface area contributed by atoms with Crippen molar-refractivity contribution in [2.24, 2.45) is 0 Å². The highest BCUT2D eigenvalue weighted by molar-refractivity contribution is 5.70. The zero-order chi connectivity index (χ0) is 11.7. The smallest absolute Gasteiger partial charge is 0.177 e. The predicted octanol–water partition coefficient (Wildman–Crippen LogP) is 0.919. The second kappa shape index (κ2) is 4.09. The van der Waals surface area contributed by atoms with E-state index in [2.05, 4.69) is 20.3 Å². The number of fused-ring (bicyclic) bond motifs is 1. The zero-order valence-electron chi connectivity index (χ0n) is 9.61. The van der Waals surface area contributed by atoms with E-state index in [1.165, 1.54) is 0 Å². The van der Waals surface area contributed by atoms with Crippen LogP contribution >= 0.6 is 0 Å². The van der Waals surface area contributed by atoms with Crippen molar-refractivity contribution in [2.45, 2.75) is 24.9 Å². The van der Waals surface area contributed by atoms with Crippen molar-refractivity contribution in [3.8, 4) is 0 Å². The second-order valence-electron chi connectivity index (χ2n) is 4.60. The van der Waals surface area contributed by atoms with Crippen LogP contribution in [-0.2, 0) is 5.60 Å². The maximum absolute atomic E-state index is 10.7. The van der Waals surface area contributed by atoms with Crippen molar-refractivity contribution in [3.63, 3.8) is 0 Å². The van der Waals surface area contributed by atoms with E-state index in [1.807, 2.05) is 12.1 Å². The minimum absolute atomic E-state index is 0.648. The molecule has 5 heteroatoms. The Morgan fingerprint density at radius 3 is 3.12 bits per heavy atom. The standard InChI is InChI=1S/C12H16N4O/c17-12(4-2-6-13-8-5-12)11-15-9-3-1-7-14-10(9)16-11/h1,3,7,13,17H,2,4-6,8H2,(H,14,15,16). The quantitative estimate of drug-likeness (QED) is 0.683. The summed E-state index contributed by atoms with van der Waals surface area (Å²) in [6.45, 7) is 1.78. The molecule has 17 heavy (non-hydrogen) atoms. The summed E-state index contributed by atoms with van der Waals surface area (Å²) in [4.78, 5) is 11.8. The molecule has 3 N–H and O–H groups in total. The Morgan fingerprint density at radius 2 is 2.24 bits per heavy atom. The topological polar surface area (TPSA) is 73.8 Å². The van der Waals surface area contributed by atoms with E-state index in [1.54, 1.807) is 6.20 Å². The molecule has 0 aromatic carbocycles. The van der Waals surface area contributed by atoms with E-state index < -0.39 is 5.60 Å². The number of nitrogens with zero attached hydrogens (tertiary/aromatic N) is 2. The maximum Gasteiger partial charge on any atom is 0.177 e. The number of H-pyrrole nitrogens is 1. The maximum atomic E-state index is 10.7. The van der Waals surface area contributed by atoms with Crippen molar-refractivity contribution >= 4 is 11.2 Å². The molecule has 90 valence electrons. The van der Waals surface area contributed by atoms with Gasteiger partial charge in [-0.05, 0) is 44.5 Å². The number of nitrogens with one attached hydrogen (secondary N) is 2. The molecule has 1 aliphatic rings. The highest BCUT2D eigenvalue weighted by Gasteiger charge is 2.33. The third-order valence-electron chi connectivity index (χ3n) is 3.36. The summed E-state index contributed by atoms with van der Waals surface area (Å²) in [5.41, 5.74) is 0.714. The summed E-state index contributed by atoms with van der Waals surface area (Å²) < 4.78 is 0. The molecule has 1 unspecified atom stereocenters. The van der Waals surface area contributed by atoms with Crippen molar-refractivity contribution in [3.05, 3.63) is 24.2 Å². The molecule has 1 fully saturated rings. The first-order chi connectivity index (χ1) is 8.28. The van der Waals surface area contributed by atoms with Crippen LogP contribution in [0.15, 0.2) is 18.3 Å². The monoisotopic (exact) mass is 232 g/mol. The first-order valence-electron chi connectivity index (χ1n) is 6.02. The molecule has 1 aliphatic heterocycles. The zero-order valence-corrected chi connectivity index (χ0v) is 9.61. The molecule has 5 nitrogen and oxygen atoms in total. The number of pyridine rings is 1. The molecule has 0 radical (unpaired) electrons. The Balaban J connectivity index is 2.01. The fourth-order valence-electron chi connectivity index (χ4n) is 2.35. The van der Waals surface area contributed by atoms with Gasteiger partial charge in [-0.3, -0.25) is 0 Å². The fraction of sp³-hybridized carbons (Fsp3) is 0.500. The molecule has 0 bridgehead atoms. The molecule has 1 atom stereocenters. The number of aromatic amines is 1. The van der Waals surface area contributed by atoms with E-state index in [9.17, 15) is 5.11 Å². The summed E-state index contributed by atoms with van der Waals surface area (Å²) in [7, 11) is 0. The third-order valence-corrected chi connectivity index (χ3v) is 3.36. The molecule has 0 aliphatic carbocycles. The summed E-state index contributed by atoms with van der Waals surface area (Å²) in [5.74, 6) is 0.648. The lowest BCUT2D eigenvalue weighted by molar-refractivity contribution is 0.0162. The first-order valence-corrected chi connectivity index (χ1v) is 6.02. The van der Waals surface area contributed by atoms with E-state index in [0.29, 0.717) is 17.9 Å². The van der Waals surface area contributed by atoms with Crippen LogP contribution in [0.1, 0.15) is 25.1 Å². The molecule has 0 spiro atoms. The summed E-state index contributed by atoms with van der Waals surface area (Å²) in [5, 5.41) is 14.0. The number of imidazole rings is 1. The van der Waals surface area contributed by atoms with Crippen molar-refractivity contribution in [1.29, 1.82) is 0 Å². The van der Waals surface area contributed by atoms with Gasteiger partial charge in [0.2, 0.25) is 0 Å². The summed E-state index contributed by atoms with van der Waals surface area (Å²) in [6.07, 6.45) is 4.10. The van der Waals surface area contributed by atoms with Crippen molar-refractivity contribution < 1.29 is 5.11 Å². The van der Waals surface area contributed by atoms with Crippen molar-refractivity contribution in [1.82, 2.24) is 20.3 Å². The molecule has 3 rings (SSSR count). The van der Waals surface area contributed by atoms with Crippen LogP contribution in [-0.4, -0.2) is 33.1 Å². The van der Waals surface area contributed by atoms with Gasteiger partial charge < -0.3 is 15.4 Å². The molecule has 0 amide bonds. The average molecular weight is 232 g/mol. The van der Waals surface area contributed by atoms with E-state index in [4.69, 9.17) is 0 Å². The first kappa shape index (κ1) is 10.7. The second-order valence-corrected chi connectivity index (χ2v) is 4.60. The van der Waals surface area contributed by atoms with E-state index in [-0.39, 0.29) is 0 Å². The Kier molecular flexibility index (Phi) is 2.57. The van der Waals surface area contributed by atoms with E-state index in [0.717, 1.165) is 31.4 Å². The molecular weight excluding hydrogens is 216 g/mol. The molecule has 3 heterocycles. The van der Waals surface area contributed by atoms with Crippen LogP contribution in [0, 0.1) is 0 Å². The number of aliphatic hydroxyl groups is 1. The Labute approximate surface area is 99.3 Å². The third kappa shape index (κ3) is 1.92. The largest absolute Gasteiger partial charge is 0.382 e. The fourth-order valence-corrected chi connectivity index (χ4v) is 2.35. The van der Waals surface area contributed by atoms with E-state index >= 15 is 0 Å². The highest BCUT2D eigenvalue weighted by Crippen LogP contribution is 2.30. The van der Waals surface area contributed by atoms with Crippen LogP contribution in [0.25, 0.3) is 11.2 Å². The molecular formula is C12H16N4O. The molecule has 0 saturated carbocycles. The lowest BCUT2D eigenvalue weighted by Gasteiger charge is -2.23. The number of rotatable bonds is 1. The number of hydrogen-bond acceptors (Lipinski definition) is 4. The molecule has 1 saturated heterocycles. The van der Waals surface area contributed by atoms with Gasteiger partial charge in [0, 0.05) is 6.20 Å². The molecule has 2 aromatic rings. The van der Waals surface area contributed by atoms with Crippen molar-refractivity contribution in [2.75, 3.05) is 13.1 Å². The lowest BCUT2D eigenvalue weighted by Crippen LogP contribution is -2.28. The normalized spacial score (nSPS) is 25.9. The number of aromatic nitrogens is 3. The minimum atomic E-state index is -0.843. The van der Waals surface area contributed by atoms with Gasteiger partial charge in [-0.1, -0.05) is 0 Å². The van der Waals surface area contributed by atoms with Crippen LogP contribution < -0.4 is 5.32 Å². The van der Waals surface area contributed by atoms with Gasteiger partial charge in [0.05, 0.1) is 5.52 Å². The number of hydrogen-bond donors (Lipinski definition) is 3. The van der Waals surface area contributed by atoms with Gasteiger partial charge >= 0.3 is 0 Å². The van der Waals surface area contributed by atoms with Gasteiger partial charge in [0.25, 0.3) is 0 Å². The van der Waals surface area contributed by atoms with Gasteiger partial charge in [0.1, 0.15) is 11.4 Å². The van der Waals surface area contributed by atoms with Gasteiger partial charge in [-0.15, -0.1) is 0 Å². The lowest BCUT2D eigenvalue weighted by atomic mass is 9.94. The van der Waals surface area contributed by atoms with Gasteiger partial charge in [-0.25, -0.2) is 9.97 Å². The highest BCUT2D eigenvalue weighted by atomic mass is 16.3. The van der Waals surface area contributed by atoms with Crippen LogP contribution in [0.3, 0.4) is 0 Å². The summed E-state index contributed by atoms with van der Waals surface area (Å²) >= 11 is 0. The average Bonchev–Trinajstić information content (AvgIpc) is 2.66. The van der Waals surface area contributed by atoms with Gasteiger partial charge in [0.15, 0.2) is 5.65 Å². The van der Waals surface area contributed by atoms with Crippen LogP contribution in [0.2, 0.25) is 0 Å². The Bertz CT molecular complexity index is 481. The Morgan fingerprint density at radius 1 is 1.29 bits per heavy atom. The minimum Gasteiger partial charge on any atom is -0.382 e.